The van der Waals surface area contributed by atoms with Gasteiger partial charge in [0.05, 0.1) is 16.8 Å². The summed E-state index contributed by atoms with van der Waals surface area (Å²) in [6.07, 6.45) is 1.38. The van der Waals surface area contributed by atoms with Crippen LogP contribution in [0.25, 0.3) is 5.69 Å². The van der Waals surface area contributed by atoms with Crippen molar-refractivity contribution in [2.45, 2.75) is 26.7 Å². The van der Waals surface area contributed by atoms with Gasteiger partial charge in [0.2, 0.25) is 0 Å². The number of nitriles is 1. The number of carboxylic acids is 1. The van der Waals surface area contributed by atoms with E-state index in [0.717, 1.165) is 5.82 Å². The second kappa shape index (κ2) is 5.53. The molecule has 0 aliphatic heterocycles. The predicted molar refractivity (Wildman–Crippen MR) is 71.8 cm³/mol. The summed E-state index contributed by atoms with van der Waals surface area (Å²) in [4.78, 5) is 15.3. The lowest BCUT2D eigenvalue weighted by Crippen LogP contribution is -2.06. The summed E-state index contributed by atoms with van der Waals surface area (Å²) in [6.45, 7) is 3.91. The highest BCUT2D eigenvalue weighted by atomic mass is 16.4. The Labute approximate surface area is 116 Å². The highest BCUT2D eigenvalue weighted by Crippen LogP contribution is 2.18. The van der Waals surface area contributed by atoms with Gasteiger partial charge in [0.1, 0.15) is 11.9 Å². The van der Waals surface area contributed by atoms with Gasteiger partial charge in [0.25, 0.3) is 0 Å². The Morgan fingerprint density at radius 3 is 2.70 bits per heavy atom. The van der Waals surface area contributed by atoms with Crippen molar-refractivity contribution in [2.24, 2.45) is 0 Å². The van der Waals surface area contributed by atoms with E-state index < -0.39 is 5.97 Å². The first kappa shape index (κ1) is 13.7. The van der Waals surface area contributed by atoms with Crippen LogP contribution in [0.1, 0.15) is 41.4 Å². The molecule has 0 atom stereocenters. The Hall–Kier alpha value is -2.68. The first-order valence-corrected chi connectivity index (χ1v) is 6.33. The lowest BCUT2D eigenvalue weighted by Gasteiger charge is -2.07. The predicted octanol–water partition coefficient (Wildman–Crippen LogP) is 1.96. The van der Waals surface area contributed by atoms with Gasteiger partial charge in [0.15, 0.2) is 5.82 Å². The summed E-state index contributed by atoms with van der Waals surface area (Å²) in [7, 11) is 0. The van der Waals surface area contributed by atoms with Gasteiger partial charge >= 0.3 is 5.97 Å². The number of nitrogens with zero attached hydrogens (tertiary/aromatic N) is 4. The molecule has 102 valence electrons. The Morgan fingerprint density at radius 2 is 2.15 bits per heavy atom. The number of aromatic nitrogens is 3. The van der Waals surface area contributed by atoms with Crippen LogP contribution in [0, 0.1) is 11.3 Å². The number of benzene rings is 1. The summed E-state index contributed by atoms with van der Waals surface area (Å²) in [6, 6.07) is 6.42. The molecule has 1 N–H and O–H groups in total. The normalized spacial score (nSPS) is 10.2. The summed E-state index contributed by atoms with van der Waals surface area (Å²) >= 11 is 0. The van der Waals surface area contributed by atoms with Crippen molar-refractivity contribution < 1.29 is 9.90 Å². The van der Waals surface area contributed by atoms with Crippen molar-refractivity contribution in [3.05, 3.63) is 41.0 Å². The molecule has 2 rings (SSSR count). The highest BCUT2D eigenvalue weighted by molar-refractivity contribution is 5.88. The molecule has 0 saturated carbocycles. The van der Waals surface area contributed by atoms with Crippen LogP contribution in [0.15, 0.2) is 18.2 Å². The minimum atomic E-state index is -1.06. The monoisotopic (exact) mass is 270 g/mol. The maximum Gasteiger partial charge on any atom is 0.335 e. The van der Waals surface area contributed by atoms with Crippen LogP contribution in [0.4, 0.5) is 0 Å². The van der Waals surface area contributed by atoms with Gasteiger partial charge in [-0.2, -0.15) is 10.4 Å². The molecule has 2 aromatic rings. The maximum atomic E-state index is 10.9. The van der Waals surface area contributed by atoms with E-state index in [4.69, 9.17) is 5.11 Å². The van der Waals surface area contributed by atoms with Crippen molar-refractivity contribution in [3.63, 3.8) is 0 Å². The lowest BCUT2D eigenvalue weighted by molar-refractivity contribution is 0.0697. The molecule has 1 aromatic carbocycles. The number of rotatable bonds is 4. The van der Waals surface area contributed by atoms with Gasteiger partial charge in [-0.3, -0.25) is 0 Å². The largest absolute Gasteiger partial charge is 0.478 e. The Kier molecular flexibility index (Phi) is 3.80. The summed E-state index contributed by atoms with van der Waals surface area (Å²) in [5, 5.41) is 22.5. The number of carbonyl (C=O) groups is 1. The summed E-state index contributed by atoms with van der Waals surface area (Å²) in [5.74, 6) is 0.395. The third-order valence-electron chi connectivity index (χ3n) is 2.94. The van der Waals surface area contributed by atoms with E-state index in [1.807, 2.05) is 19.9 Å². The maximum absolute atomic E-state index is 10.9. The fraction of sp³-hybridized carbons (Fsp3) is 0.286. The smallest absolute Gasteiger partial charge is 0.335 e. The van der Waals surface area contributed by atoms with Gasteiger partial charge in [0, 0.05) is 12.8 Å². The molecule has 0 fully saturated rings. The zero-order valence-corrected chi connectivity index (χ0v) is 11.3. The molecule has 0 bridgehead atoms. The molecule has 0 radical (unpaired) electrons. The van der Waals surface area contributed by atoms with Crippen LogP contribution in [-0.4, -0.2) is 25.8 Å². The van der Waals surface area contributed by atoms with Crippen molar-refractivity contribution in [1.82, 2.24) is 14.8 Å². The minimum Gasteiger partial charge on any atom is -0.478 e. The van der Waals surface area contributed by atoms with E-state index in [9.17, 15) is 10.1 Å². The van der Waals surface area contributed by atoms with Gasteiger partial charge in [-0.25, -0.2) is 14.5 Å². The molecule has 20 heavy (non-hydrogen) atoms. The third-order valence-corrected chi connectivity index (χ3v) is 2.94. The topological polar surface area (TPSA) is 91.8 Å². The zero-order valence-electron chi connectivity index (χ0n) is 11.3. The van der Waals surface area contributed by atoms with E-state index in [1.54, 1.807) is 10.7 Å². The molecule has 1 aromatic heterocycles. The van der Waals surface area contributed by atoms with Crippen LogP contribution >= 0.6 is 0 Å². The van der Waals surface area contributed by atoms with E-state index in [-0.39, 0.29) is 11.1 Å². The fourth-order valence-electron chi connectivity index (χ4n) is 1.91. The molecule has 0 unspecified atom stereocenters. The number of hydrogen-bond donors (Lipinski definition) is 1. The second-order valence-corrected chi connectivity index (χ2v) is 4.21. The lowest BCUT2D eigenvalue weighted by atomic mass is 10.1. The quantitative estimate of drug-likeness (QED) is 0.916. The van der Waals surface area contributed by atoms with E-state index in [0.29, 0.717) is 24.4 Å². The van der Waals surface area contributed by atoms with Gasteiger partial charge in [-0.05, 0) is 18.2 Å². The van der Waals surface area contributed by atoms with Crippen molar-refractivity contribution in [1.29, 1.82) is 5.26 Å². The van der Waals surface area contributed by atoms with Crippen LogP contribution in [0.3, 0.4) is 0 Å². The van der Waals surface area contributed by atoms with Crippen molar-refractivity contribution >= 4 is 5.97 Å². The highest BCUT2D eigenvalue weighted by Gasteiger charge is 2.14. The molecule has 6 heteroatoms. The van der Waals surface area contributed by atoms with E-state index >= 15 is 0 Å². The van der Waals surface area contributed by atoms with Crippen molar-refractivity contribution in [3.8, 4) is 11.8 Å². The standard InChI is InChI=1S/C14H14N4O2/c1-3-12-16-13(4-2)18(17-12)11-6-5-9(14(19)20)7-10(11)8-15/h5-7H,3-4H2,1-2H3,(H,19,20). The Morgan fingerprint density at radius 1 is 1.40 bits per heavy atom. The molecule has 1 heterocycles. The molecular formula is C14H14N4O2. The van der Waals surface area contributed by atoms with Crippen LogP contribution in [-0.2, 0) is 12.8 Å². The van der Waals surface area contributed by atoms with Crippen LogP contribution in [0.5, 0.6) is 0 Å². The molecule has 0 aliphatic carbocycles. The summed E-state index contributed by atoms with van der Waals surface area (Å²) in [5.41, 5.74) is 0.910. The van der Waals surface area contributed by atoms with Crippen LogP contribution < -0.4 is 0 Å². The molecule has 0 spiro atoms. The number of aryl methyl sites for hydroxylation is 2. The number of hydrogen-bond acceptors (Lipinski definition) is 4. The van der Waals surface area contributed by atoms with Gasteiger partial charge in [-0.1, -0.05) is 13.8 Å². The fourth-order valence-corrected chi connectivity index (χ4v) is 1.91. The summed E-state index contributed by atoms with van der Waals surface area (Å²) < 4.78 is 1.61. The first-order chi connectivity index (χ1) is 9.60. The minimum absolute atomic E-state index is 0.0826. The van der Waals surface area contributed by atoms with Gasteiger partial charge in [-0.15, -0.1) is 0 Å². The Balaban J connectivity index is 2.61. The SMILES string of the molecule is CCc1nc(CC)n(-c2ccc(C(=O)O)cc2C#N)n1. The average molecular weight is 270 g/mol. The average Bonchev–Trinajstić information content (AvgIpc) is 2.89. The molecule has 0 saturated heterocycles. The zero-order chi connectivity index (χ0) is 14.7. The van der Waals surface area contributed by atoms with E-state index in [2.05, 4.69) is 10.1 Å². The number of aromatic carboxylic acids is 1. The van der Waals surface area contributed by atoms with E-state index in [1.165, 1.54) is 12.1 Å². The third kappa shape index (κ3) is 2.38. The van der Waals surface area contributed by atoms with Crippen molar-refractivity contribution in [2.75, 3.05) is 0 Å². The van der Waals surface area contributed by atoms with Gasteiger partial charge < -0.3 is 5.11 Å². The van der Waals surface area contributed by atoms with Crippen LogP contribution in [0.2, 0.25) is 0 Å². The molecule has 6 nitrogen and oxygen atoms in total. The molecule has 0 aliphatic rings. The Bertz CT molecular complexity index is 698. The molecular weight excluding hydrogens is 256 g/mol. The second-order valence-electron chi connectivity index (χ2n) is 4.21. The first-order valence-electron chi connectivity index (χ1n) is 6.33. The number of carboxylic acid groups (broad SMARTS) is 1. The molecule has 0 amide bonds.